The van der Waals surface area contributed by atoms with Gasteiger partial charge in [-0.2, -0.15) is 0 Å². The summed E-state index contributed by atoms with van der Waals surface area (Å²) in [6.45, 7) is 5.42. The van der Waals surface area contributed by atoms with Gasteiger partial charge in [0.05, 0.1) is 5.69 Å². The predicted octanol–water partition coefficient (Wildman–Crippen LogP) is 3.31. The standard InChI is InChI=1S/C19H26N4O2/c1-14-12-22-8-4-17(11-18(22)20-14)21-19(24)23-7-2-3-16(13-23)15-5-9-25-10-6-15/h4,8,11-12,15-16H,2-3,5-7,9-10,13H2,1H3,(H,21,24). The fourth-order valence-corrected chi connectivity index (χ4v) is 4.16. The van der Waals surface area contributed by atoms with Gasteiger partial charge in [-0.05, 0) is 50.5 Å². The number of hydrogen-bond acceptors (Lipinski definition) is 3. The second-order valence-electron chi connectivity index (χ2n) is 7.29. The Balaban J connectivity index is 1.40. The smallest absolute Gasteiger partial charge is 0.321 e. The molecular weight excluding hydrogens is 316 g/mol. The number of aromatic nitrogens is 2. The molecule has 6 heteroatoms. The molecule has 2 aromatic rings. The van der Waals surface area contributed by atoms with Gasteiger partial charge in [0.25, 0.3) is 0 Å². The van der Waals surface area contributed by atoms with E-state index in [1.54, 1.807) is 0 Å². The molecule has 0 spiro atoms. The van der Waals surface area contributed by atoms with Crippen molar-refractivity contribution in [2.24, 2.45) is 11.8 Å². The van der Waals surface area contributed by atoms with Gasteiger partial charge in [0.1, 0.15) is 5.65 Å². The van der Waals surface area contributed by atoms with Gasteiger partial charge >= 0.3 is 6.03 Å². The Morgan fingerprint density at radius 2 is 2.12 bits per heavy atom. The molecule has 25 heavy (non-hydrogen) atoms. The monoisotopic (exact) mass is 342 g/mol. The Kier molecular flexibility index (Phi) is 4.61. The van der Waals surface area contributed by atoms with Gasteiger partial charge in [0.15, 0.2) is 0 Å². The van der Waals surface area contributed by atoms with Crippen LogP contribution in [0, 0.1) is 18.8 Å². The number of anilines is 1. The summed E-state index contributed by atoms with van der Waals surface area (Å²) in [5.74, 6) is 1.31. The number of carbonyl (C=O) groups is 1. The highest BCUT2D eigenvalue weighted by molar-refractivity contribution is 5.89. The lowest BCUT2D eigenvalue weighted by Crippen LogP contribution is -2.44. The number of rotatable bonds is 2. The molecule has 0 bridgehead atoms. The van der Waals surface area contributed by atoms with Gasteiger partial charge in [-0.25, -0.2) is 9.78 Å². The van der Waals surface area contributed by atoms with Gasteiger partial charge < -0.3 is 19.4 Å². The van der Waals surface area contributed by atoms with Crippen LogP contribution in [-0.2, 0) is 4.74 Å². The van der Waals surface area contributed by atoms with Crippen LogP contribution in [-0.4, -0.2) is 46.6 Å². The molecule has 2 amide bonds. The minimum atomic E-state index is 0.00406. The molecule has 134 valence electrons. The third-order valence-electron chi connectivity index (χ3n) is 5.51. The number of likely N-dealkylation sites (tertiary alicyclic amines) is 1. The maximum Gasteiger partial charge on any atom is 0.321 e. The lowest BCUT2D eigenvalue weighted by molar-refractivity contribution is 0.0322. The van der Waals surface area contributed by atoms with E-state index in [9.17, 15) is 4.79 Å². The van der Waals surface area contributed by atoms with E-state index < -0.39 is 0 Å². The Morgan fingerprint density at radius 1 is 1.28 bits per heavy atom. The first-order chi connectivity index (χ1) is 12.2. The van der Waals surface area contributed by atoms with Gasteiger partial charge in [-0.3, -0.25) is 0 Å². The molecule has 2 aromatic heterocycles. The SMILES string of the molecule is Cc1cn2ccc(NC(=O)N3CCCC(C4CCOCC4)C3)cc2n1. The van der Waals surface area contributed by atoms with E-state index in [-0.39, 0.29) is 6.03 Å². The van der Waals surface area contributed by atoms with Crippen LogP contribution >= 0.6 is 0 Å². The van der Waals surface area contributed by atoms with Gasteiger partial charge in [-0.15, -0.1) is 0 Å². The summed E-state index contributed by atoms with van der Waals surface area (Å²) < 4.78 is 7.45. The van der Waals surface area contributed by atoms with Crippen LogP contribution in [0.2, 0.25) is 0 Å². The minimum Gasteiger partial charge on any atom is -0.381 e. The molecule has 0 aliphatic carbocycles. The van der Waals surface area contributed by atoms with Crippen molar-refractivity contribution in [3.8, 4) is 0 Å². The molecule has 1 atom stereocenters. The van der Waals surface area contributed by atoms with Crippen molar-refractivity contribution in [1.29, 1.82) is 0 Å². The highest BCUT2D eigenvalue weighted by Crippen LogP contribution is 2.31. The van der Waals surface area contributed by atoms with Crippen LogP contribution in [0.1, 0.15) is 31.4 Å². The summed E-state index contributed by atoms with van der Waals surface area (Å²) in [5.41, 5.74) is 2.63. The quantitative estimate of drug-likeness (QED) is 0.911. The summed E-state index contributed by atoms with van der Waals surface area (Å²) in [5, 5.41) is 3.05. The van der Waals surface area contributed by atoms with Crippen molar-refractivity contribution in [3.05, 3.63) is 30.2 Å². The lowest BCUT2D eigenvalue weighted by atomic mass is 9.81. The molecule has 1 unspecified atom stereocenters. The fourth-order valence-electron chi connectivity index (χ4n) is 4.16. The number of urea groups is 1. The van der Waals surface area contributed by atoms with Crippen molar-refractivity contribution in [3.63, 3.8) is 0 Å². The first-order valence-corrected chi connectivity index (χ1v) is 9.28. The Labute approximate surface area is 148 Å². The molecule has 2 fully saturated rings. The average Bonchev–Trinajstić information content (AvgIpc) is 3.02. The third kappa shape index (κ3) is 3.63. The number of nitrogens with zero attached hydrogens (tertiary/aromatic N) is 3. The lowest BCUT2D eigenvalue weighted by Gasteiger charge is -2.38. The van der Waals surface area contributed by atoms with Crippen molar-refractivity contribution < 1.29 is 9.53 Å². The van der Waals surface area contributed by atoms with Crippen molar-refractivity contribution >= 4 is 17.4 Å². The van der Waals surface area contributed by atoms with Gasteiger partial charge in [-0.1, -0.05) is 0 Å². The molecule has 4 rings (SSSR count). The number of nitrogens with one attached hydrogen (secondary N) is 1. The molecule has 4 heterocycles. The maximum atomic E-state index is 12.7. The van der Waals surface area contributed by atoms with Crippen LogP contribution in [0.3, 0.4) is 0 Å². The van der Waals surface area contributed by atoms with E-state index in [2.05, 4.69) is 10.3 Å². The number of ether oxygens (including phenoxy) is 1. The van der Waals surface area contributed by atoms with Crippen LogP contribution in [0.25, 0.3) is 5.65 Å². The molecule has 6 nitrogen and oxygen atoms in total. The first-order valence-electron chi connectivity index (χ1n) is 9.28. The highest BCUT2D eigenvalue weighted by atomic mass is 16.5. The molecule has 2 saturated heterocycles. The molecule has 0 radical (unpaired) electrons. The zero-order valence-corrected chi connectivity index (χ0v) is 14.8. The molecule has 2 aliphatic heterocycles. The Hall–Kier alpha value is -2.08. The number of hydrogen-bond donors (Lipinski definition) is 1. The Morgan fingerprint density at radius 3 is 2.96 bits per heavy atom. The van der Waals surface area contributed by atoms with Crippen molar-refractivity contribution in [2.75, 3.05) is 31.6 Å². The highest BCUT2D eigenvalue weighted by Gasteiger charge is 2.30. The van der Waals surface area contributed by atoms with Crippen LogP contribution < -0.4 is 5.32 Å². The number of carbonyl (C=O) groups excluding carboxylic acids is 1. The number of fused-ring (bicyclic) bond motifs is 1. The molecule has 1 N–H and O–H groups in total. The molecule has 2 aliphatic rings. The van der Waals surface area contributed by atoms with E-state index in [0.29, 0.717) is 11.8 Å². The van der Waals surface area contributed by atoms with Crippen LogP contribution in [0.4, 0.5) is 10.5 Å². The second-order valence-corrected chi connectivity index (χ2v) is 7.29. The number of piperidine rings is 1. The van der Waals surface area contributed by atoms with Crippen LogP contribution in [0.15, 0.2) is 24.5 Å². The van der Waals surface area contributed by atoms with Crippen molar-refractivity contribution in [1.82, 2.24) is 14.3 Å². The number of pyridine rings is 1. The molecule has 0 aromatic carbocycles. The topological polar surface area (TPSA) is 58.9 Å². The summed E-state index contributed by atoms with van der Waals surface area (Å²) in [7, 11) is 0. The van der Waals surface area contributed by atoms with Crippen LogP contribution in [0.5, 0.6) is 0 Å². The third-order valence-corrected chi connectivity index (χ3v) is 5.51. The van der Waals surface area contributed by atoms with E-state index in [4.69, 9.17) is 4.74 Å². The van der Waals surface area contributed by atoms with Gasteiger partial charge in [0, 0.05) is 50.5 Å². The number of amides is 2. The minimum absolute atomic E-state index is 0.00406. The largest absolute Gasteiger partial charge is 0.381 e. The maximum absolute atomic E-state index is 12.7. The fraction of sp³-hybridized carbons (Fsp3) is 0.579. The number of aryl methyl sites for hydroxylation is 1. The molecular formula is C19H26N4O2. The molecule has 0 saturated carbocycles. The van der Waals surface area contributed by atoms with E-state index in [0.717, 1.165) is 62.6 Å². The van der Waals surface area contributed by atoms with E-state index >= 15 is 0 Å². The second kappa shape index (κ2) is 7.04. The van der Waals surface area contributed by atoms with Crippen molar-refractivity contribution in [2.45, 2.75) is 32.6 Å². The first kappa shape index (κ1) is 16.4. The number of imidazole rings is 1. The zero-order chi connectivity index (χ0) is 17.2. The summed E-state index contributed by atoms with van der Waals surface area (Å²) in [6, 6.07) is 3.85. The van der Waals surface area contributed by atoms with E-state index in [1.165, 1.54) is 6.42 Å². The Bertz CT molecular complexity index is 751. The normalized spacial score (nSPS) is 22.3. The summed E-state index contributed by atoms with van der Waals surface area (Å²) in [6.07, 6.45) is 8.50. The van der Waals surface area contributed by atoms with E-state index in [1.807, 2.05) is 40.8 Å². The average molecular weight is 342 g/mol. The summed E-state index contributed by atoms with van der Waals surface area (Å²) >= 11 is 0. The zero-order valence-electron chi connectivity index (χ0n) is 14.8. The summed E-state index contributed by atoms with van der Waals surface area (Å²) in [4.78, 5) is 19.1. The van der Waals surface area contributed by atoms with Gasteiger partial charge in [0.2, 0.25) is 0 Å². The predicted molar refractivity (Wildman–Crippen MR) is 96.8 cm³/mol.